The first-order valence-corrected chi connectivity index (χ1v) is 6.21. The SMILES string of the molecule is CC(C)C[C@H](N)C(=O)N[C@@H](C)c1cccc(F)c1. The Morgan fingerprint density at radius 3 is 2.61 bits per heavy atom. The molecule has 4 heteroatoms. The van der Waals surface area contributed by atoms with Crippen molar-refractivity contribution >= 4 is 5.91 Å². The summed E-state index contributed by atoms with van der Waals surface area (Å²) in [4.78, 5) is 11.8. The van der Waals surface area contributed by atoms with Crippen molar-refractivity contribution in [3.05, 3.63) is 35.6 Å². The number of nitrogens with two attached hydrogens (primary N) is 1. The molecule has 100 valence electrons. The first kappa shape index (κ1) is 14.6. The molecule has 3 nitrogen and oxygen atoms in total. The second-order valence-electron chi connectivity index (χ2n) is 5.02. The molecule has 1 aromatic carbocycles. The van der Waals surface area contributed by atoms with Crippen LogP contribution < -0.4 is 11.1 Å². The quantitative estimate of drug-likeness (QED) is 0.845. The molecular weight excluding hydrogens is 231 g/mol. The molecule has 1 amide bonds. The topological polar surface area (TPSA) is 55.1 Å². The predicted molar refractivity (Wildman–Crippen MR) is 70.4 cm³/mol. The third-order valence-electron chi connectivity index (χ3n) is 2.77. The number of carbonyl (C=O) groups is 1. The molecule has 0 aliphatic carbocycles. The molecule has 0 aliphatic rings. The molecule has 2 atom stereocenters. The first-order chi connectivity index (χ1) is 8.40. The number of nitrogens with one attached hydrogen (secondary N) is 1. The highest BCUT2D eigenvalue weighted by Gasteiger charge is 2.17. The van der Waals surface area contributed by atoms with Gasteiger partial charge >= 0.3 is 0 Å². The maximum absolute atomic E-state index is 13.1. The molecule has 0 saturated carbocycles. The van der Waals surface area contributed by atoms with Gasteiger partial charge in [0, 0.05) is 0 Å². The van der Waals surface area contributed by atoms with E-state index in [0.29, 0.717) is 12.3 Å². The van der Waals surface area contributed by atoms with Crippen molar-refractivity contribution in [3.8, 4) is 0 Å². The first-order valence-electron chi connectivity index (χ1n) is 6.21. The van der Waals surface area contributed by atoms with Gasteiger partial charge in [0.05, 0.1) is 12.1 Å². The molecule has 0 fully saturated rings. The van der Waals surface area contributed by atoms with Crippen molar-refractivity contribution in [2.24, 2.45) is 11.7 Å². The Kier molecular flexibility index (Phi) is 5.28. The van der Waals surface area contributed by atoms with Gasteiger partial charge in [-0.25, -0.2) is 4.39 Å². The second kappa shape index (κ2) is 6.50. The molecule has 1 rings (SSSR count). The fourth-order valence-electron chi connectivity index (χ4n) is 1.79. The lowest BCUT2D eigenvalue weighted by Crippen LogP contribution is -2.42. The molecule has 0 bridgehead atoms. The summed E-state index contributed by atoms with van der Waals surface area (Å²) in [5.74, 6) is -0.129. The van der Waals surface area contributed by atoms with Crippen LogP contribution in [0.5, 0.6) is 0 Å². The highest BCUT2D eigenvalue weighted by Crippen LogP contribution is 2.14. The Morgan fingerprint density at radius 1 is 1.39 bits per heavy atom. The monoisotopic (exact) mass is 252 g/mol. The standard InChI is InChI=1S/C14H21FN2O/c1-9(2)7-13(16)14(18)17-10(3)11-5-4-6-12(15)8-11/h4-6,8-10,13H,7,16H2,1-3H3,(H,17,18)/t10-,13-/m0/s1. The van der Waals surface area contributed by atoms with Gasteiger partial charge < -0.3 is 11.1 Å². The van der Waals surface area contributed by atoms with Crippen molar-refractivity contribution in [1.82, 2.24) is 5.32 Å². The summed E-state index contributed by atoms with van der Waals surface area (Å²) < 4.78 is 13.1. The summed E-state index contributed by atoms with van der Waals surface area (Å²) in [7, 11) is 0. The molecule has 1 aromatic rings. The van der Waals surface area contributed by atoms with Crippen LogP contribution in [0.4, 0.5) is 4.39 Å². The lowest BCUT2D eigenvalue weighted by atomic mass is 10.0. The van der Waals surface area contributed by atoms with Crippen molar-refractivity contribution in [3.63, 3.8) is 0 Å². The number of benzene rings is 1. The van der Waals surface area contributed by atoms with Gasteiger partial charge in [0.2, 0.25) is 5.91 Å². The van der Waals surface area contributed by atoms with Crippen LogP contribution in [0.1, 0.15) is 38.8 Å². The molecule has 3 N–H and O–H groups in total. The molecule has 0 saturated heterocycles. The van der Waals surface area contributed by atoms with Gasteiger partial charge in [-0.1, -0.05) is 26.0 Å². The zero-order valence-corrected chi connectivity index (χ0v) is 11.1. The molecule has 0 aromatic heterocycles. The van der Waals surface area contributed by atoms with Crippen LogP contribution in [0.3, 0.4) is 0 Å². The van der Waals surface area contributed by atoms with E-state index >= 15 is 0 Å². The van der Waals surface area contributed by atoms with Gasteiger partial charge in [-0.3, -0.25) is 4.79 Å². The van der Waals surface area contributed by atoms with Gasteiger partial charge in [0.15, 0.2) is 0 Å². The summed E-state index contributed by atoms with van der Waals surface area (Å²) >= 11 is 0. The van der Waals surface area contributed by atoms with E-state index in [1.54, 1.807) is 12.1 Å². The van der Waals surface area contributed by atoms with Crippen LogP contribution >= 0.6 is 0 Å². The van der Waals surface area contributed by atoms with Crippen LogP contribution in [0.15, 0.2) is 24.3 Å². The molecular formula is C14H21FN2O. The van der Waals surface area contributed by atoms with Crippen molar-refractivity contribution in [2.75, 3.05) is 0 Å². The van der Waals surface area contributed by atoms with E-state index in [2.05, 4.69) is 5.32 Å². The maximum Gasteiger partial charge on any atom is 0.237 e. The Balaban J connectivity index is 2.59. The third kappa shape index (κ3) is 4.45. The van der Waals surface area contributed by atoms with E-state index < -0.39 is 6.04 Å². The number of rotatable bonds is 5. The van der Waals surface area contributed by atoms with E-state index in [4.69, 9.17) is 5.73 Å². The summed E-state index contributed by atoms with van der Waals surface area (Å²) in [6.07, 6.45) is 0.641. The second-order valence-corrected chi connectivity index (χ2v) is 5.02. The number of amides is 1. The normalized spacial score (nSPS) is 14.3. The summed E-state index contributed by atoms with van der Waals surface area (Å²) in [5, 5.41) is 2.80. The van der Waals surface area contributed by atoms with Crippen molar-refractivity contribution < 1.29 is 9.18 Å². The van der Waals surface area contributed by atoms with E-state index in [9.17, 15) is 9.18 Å². The van der Waals surface area contributed by atoms with Gasteiger partial charge in [-0.2, -0.15) is 0 Å². The number of hydrogen-bond donors (Lipinski definition) is 2. The molecule has 0 heterocycles. The highest BCUT2D eigenvalue weighted by atomic mass is 19.1. The Morgan fingerprint density at radius 2 is 2.06 bits per heavy atom. The largest absolute Gasteiger partial charge is 0.348 e. The molecule has 0 unspecified atom stereocenters. The van der Waals surface area contributed by atoms with Crippen molar-refractivity contribution in [1.29, 1.82) is 0 Å². The van der Waals surface area contributed by atoms with Gasteiger partial charge in [0.25, 0.3) is 0 Å². The summed E-state index contributed by atoms with van der Waals surface area (Å²) in [6, 6.07) is 5.44. The minimum atomic E-state index is -0.513. The fraction of sp³-hybridized carbons (Fsp3) is 0.500. The lowest BCUT2D eigenvalue weighted by molar-refractivity contribution is -0.123. The minimum Gasteiger partial charge on any atom is -0.348 e. The van der Waals surface area contributed by atoms with E-state index in [0.717, 1.165) is 5.56 Å². The van der Waals surface area contributed by atoms with Gasteiger partial charge in [-0.15, -0.1) is 0 Å². The van der Waals surface area contributed by atoms with E-state index in [-0.39, 0.29) is 17.8 Å². The smallest absolute Gasteiger partial charge is 0.237 e. The molecule has 0 radical (unpaired) electrons. The molecule has 18 heavy (non-hydrogen) atoms. The number of carbonyl (C=O) groups excluding carboxylic acids is 1. The van der Waals surface area contributed by atoms with Crippen LogP contribution in [-0.4, -0.2) is 11.9 Å². The molecule has 0 spiro atoms. The Hall–Kier alpha value is -1.42. The van der Waals surface area contributed by atoms with E-state index in [1.165, 1.54) is 12.1 Å². The predicted octanol–water partition coefficient (Wildman–Crippen LogP) is 2.38. The number of hydrogen-bond acceptors (Lipinski definition) is 2. The van der Waals surface area contributed by atoms with Crippen LogP contribution in [0.2, 0.25) is 0 Å². The fourth-order valence-corrected chi connectivity index (χ4v) is 1.79. The van der Waals surface area contributed by atoms with Crippen molar-refractivity contribution in [2.45, 2.75) is 39.3 Å². The lowest BCUT2D eigenvalue weighted by Gasteiger charge is -2.19. The Bertz CT molecular complexity index is 407. The maximum atomic E-state index is 13.1. The highest BCUT2D eigenvalue weighted by molar-refractivity contribution is 5.81. The van der Waals surface area contributed by atoms with E-state index in [1.807, 2.05) is 20.8 Å². The van der Waals surface area contributed by atoms with Gasteiger partial charge in [0.1, 0.15) is 5.82 Å². The average Bonchev–Trinajstić information content (AvgIpc) is 2.27. The number of halogens is 1. The van der Waals surface area contributed by atoms with Gasteiger partial charge in [-0.05, 0) is 37.0 Å². The van der Waals surface area contributed by atoms with Crippen LogP contribution in [-0.2, 0) is 4.79 Å². The summed E-state index contributed by atoms with van der Waals surface area (Å²) in [6.45, 7) is 5.85. The minimum absolute atomic E-state index is 0.194. The van der Waals surface area contributed by atoms with Crippen LogP contribution in [0.25, 0.3) is 0 Å². The zero-order valence-electron chi connectivity index (χ0n) is 11.1. The summed E-state index contributed by atoms with van der Waals surface area (Å²) in [5.41, 5.74) is 6.52. The molecule has 0 aliphatic heterocycles. The zero-order chi connectivity index (χ0) is 13.7. The average molecular weight is 252 g/mol. The van der Waals surface area contributed by atoms with Crippen LogP contribution in [0, 0.1) is 11.7 Å². The Labute approximate surface area is 108 Å². The third-order valence-corrected chi connectivity index (χ3v) is 2.77.